The summed E-state index contributed by atoms with van der Waals surface area (Å²) in [6.07, 6.45) is 4.59. The SMILES string of the molecule is CN(C(=O)c1coc2ccccc12)c1ccncc1N. The molecule has 0 fully saturated rings. The number of nitrogens with two attached hydrogens (primary N) is 1. The van der Waals surface area contributed by atoms with Crippen molar-refractivity contribution < 1.29 is 9.21 Å². The Morgan fingerprint density at radius 3 is 2.90 bits per heavy atom. The van der Waals surface area contributed by atoms with Gasteiger partial charge in [0.15, 0.2) is 0 Å². The van der Waals surface area contributed by atoms with Crippen LogP contribution in [0.2, 0.25) is 0 Å². The summed E-state index contributed by atoms with van der Waals surface area (Å²) in [7, 11) is 1.68. The molecule has 3 rings (SSSR count). The number of fused-ring (bicyclic) bond motifs is 1. The van der Waals surface area contributed by atoms with Gasteiger partial charge in [-0.15, -0.1) is 0 Å². The molecular weight excluding hydrogens is 254 g/mol. The third-order valence-electron chi connectivity index (χ3n) is 3.21. The van der Waals surface area contributed by atoms with Gasteiger partial charge in [0.25, 0.3) is 5.91 Å². The molecule has 20 heavy (non-hydrogen) atoms. The summed E-state index contributed by atoms with van der Waals surface area (Å²) >= 11 is 0. The number of amides is 1. The average Bonchev–Trinajstić information content (AvgIpc) is 2.90. The van der Waals surface area contributed by atoms with Crippen LogP contribution in [0, 0.1) is 0 Å². The number of anilines is 2. The first-order valence-corrected chi connectivity index (χ1v) is 6.12. The molecule has 0 saturated heterocycles. The second-order valence-corrected chi connectivity index (χ2v) is 4.44. The molecule has 0 spiro atoms. The number of para-hydroxylation sites is 1. The van der Waals surface area contributed by atoms with Crippen molar-refractivity contribution in [2.75, 3.05) is 17.7 Å². The van der Waals surface area contributed by atoms with E-state index in [1.165, 1.54) is 17.4 Å². The molecule has 2 heterocycles. The average molecular weight is 267 g/mol. The summed E-state index contributed by atoms with van der Waals surface area (Å²) in [6, 6.07) is 9.12. The molecule has 0 radical (unpaired) electrons. The van der Waals surface area contributed by atoms with Crippen molar-refractivity contribution in [2.45, 2.75) is 0 Å². The number of carbonyl (C=O) groups is 1. The fourth-order valence-corrected chi connectivity index (χ4v) is 2.14. The zero-order valence-electron chi connectivity index (χ0n) is 10.9. The summed E-state index contributed by atoms with van der Waals surface area (Å²) < 4.78 is 5.40. The van der Waals surface area contributed by atoms with Crippen molar-refractivity contribution in [3.63, 3.8) is 0 Å². The van der Waals surface area contributed by atoms with Crippen molar-refractivity contribution in [3.05, 3.63) is 54.6 Å². The van der Waals surface area contributed by atoms with E-state index >= 15 is 0 Å². The Bertz CT molecular complexity index is 779. The normalized spacial score (nSPS) is 10.7. The maximum atomic E-state index is 12.6. The Hall–Kier alpha value is -2.82. The number of aromatic nitrogens is 1. The van der Waals surface area contributed by atoms with Crippen molar-refractivity contribution in [2.24, 2.45) is 0 Å². The predicted octanol–water partition coefficient (Wildman–Crippen LogP) is 2.69. The molecule has 3 aromatic rings. The number of pyridine rings is 1. The first-order chi connectivity index (χ1) is 9.68. The van der Waals surface area contributed by atoms with Gasteiger partial charge in [0.2, 0.25) is 0 Å². The molecule has 5 heteroatoms. The van der Waals surface area contributed by atoms with Gasteiger partial charge in [-0.05, 0) is 12.1 Å². The molecule has 0 saturated carbocycles. The van der Waals surface area contributed by atoms with Crippen LogP contribution in [-0.4, -0.2) is 17.9 Å². The number of furan rings is 1. The highest BCUT2D eigenvalue weighted by Gasteiger charge is 2.19. The summed E-state index contributed by atoms with van der Waals surface area (Å²) in [6.45, 7) is 0. The molecule has 0 aliphatic heterocycles. The second kappa shape index (κ2) is 4.70. The van der Waals surface area contributed by atoms with E-state index < -0.39 is 0 Å². The van der Waals surface area contributed by atoms with Crippen LogP contribution in [0.15, 0.2) is 53.4 Å². The van der Waals surface area contributed by atoms with E-state index in [4.69, 9.17) is 10.2 Å². The molecule has 1 aromatic carbocycles. The summed E-state index contributed by atoms with van der Waals surface area (Å²) in [4.78, 5) is 18.0. The van der Waals surface area contributed by atoms with E-state index in [9.17, 15) is 4.79 Å². The number of nitrogens with zero attached hydrogens (tertiary/aromatic N) is 2. The van der Waals surface area contributed by atoms with Gasteiger partial charge >= 0.3 is 0 Å². The lowest BCUT2D eigenvalue weighted by atomic mass is 10.1. The van der Waals surface area contributed by atoms with E-state index in [0.717, 1.165) is 5.39 Å². The molecule has 100 valence electrons. The molecule has 1 amide bonds. The third-order valence-corrected chi connectivity index (χ3v) is 3.21. The number of rotatable bonds is 2. The lowest BCUT2D eigenvalue weighted by Crippen LogP contribution is -2.26. The van der Waals surface area contributed by atoms with Crippen molar-refractivity contribution in [1.82, 2.24) is 4.98 Å². The van der Waals surface area contributed by atoms with Crippen LogP contribution in [0.25, 0.3) is 11.0 Å². The van der Waals surface area contributed by atoms with Gasteiger partial charge in [0.05, 0.1) is 23.1 Å². The van der Waals surface area contributed by atoms with Crippen LogP contribution in [-0.2, 0) is 0 Å². The van der Waals surface area contributed by atoms with Gasteiger partial charge in [-0.25, -0.2) is 0 Å². The largest absolute Gasteiger partial charge is 0.463 e. The van der Waals surface area contributed by atoms with Gasteiger partial charge in [0.1, 0.15) is 11.8 Å². The monoisotopic (exact) mass is 267 g/mol. The summed E-state index contributed by atoms with van der Waals surface area (Å²) in [5, 5.41) is 0.789. The van der Waals surface area contributed by atoms with E-state index in [1.54, 1.807) is 19.3 Å². The van der Waals surface area contributed by atoms with Crippen LogP contribution in [0.1, 0.15) is 10.4 Å². The Morgan fingerprint density at radius 2 is 2.10 bits per heavy atom. The van der Waals surface area contributed by atoms with Gasteiger partial charge in [-0.3, -0.25) is 9.78 Å². The molecule has 2 aromatic heterocycles. The fraction of sp³-hybridized carbons (Fsp3) is 0.0667. The molecule has 0 bridgehead atoms. The maximum absolute atomic E-state index is 12.6. The molecule has 0 aliphatic rings. The topological polar surface area (TPSA) is 72.4 Å². The standard InChI is InChI=1S/C15H13N3O2/c1-18(13-6-7-17-8-12(13)16)15(19)11-9-20-14-5-3-2-4-10(11)14/h2-9H,16H2,1H3. The highest BCUT2D eigenvalue weighted by molar-refractivity contribution is 6.14. The Morgan fingerprint density at radius 1 is 1.30 bits per heavy atom. The van der Waals surface area contributed by atoms with Crippen LogP contribution >= 0.6 is 0 Å². The van der Waals surface area contributed by atoms with Crippen LogP contribution in [0.4, 0.5) is 11.4 Å². The zero-order chi connectivity index (χ0) is 14.1. The molecule has 0 unspecified atom stereocenters. The Kier molecular flexibility index (Phi) is 2.87. The summed E-state index contributed by atoms with van der Waals surface area (Å²) in [5.74, 6) is -0.173. The zero-order valence-corrected chi connectivity index (χ0v) is 10.9. The van der Waals surface area contributed by atoms with Gasteiger partial charge < -0.3 is 15.1 Å². The molecular formula is C15H13N3O2. The number of nitrogen functional groups attached to an aromatic ring is 1. The van der Waals surface area contributed by atoms with E-state index in [1.807, 2.05) is 24.3 Å². The minimum absolute atomic E-state index is 0.173. The van der Waals surface area contributed by atoms with E-state index in [-0.39, 0.29) is 5.91 Å². The number of benzene rings is 1. The number of hydrogen-bond acceptors (Lipinski definition) is 4. The molecule has 2 N–H and O–H groups in total. The lowest BCUT2D eigenvalue weighted by Gasteiger charge is -2.18. The predicted molar refractivity (Wildman–Crippen MR) is 77.6 cm³/mol. The quantitative estimate of drug-likeness (QED) is 0.774. The van der Waals surface area contributed by atoms with Crippen molar-refractivity contribution in [1.29, 1.82) is 0 Å². The fourth-order valence-electron chi connectivity index (χ4n) is 2.14. The third kappa shape index (κ3) is 1.89. The highest BCUT2D eigenvalue weighted by Crippen LogP contribution is 2.26. The second-order valence-electron chi connectivity index (χ2n) is 4.44. The highest BCUT2D eigenvalue weighted by atomic mass is 16.3. The maximum Gasteiger partial charge on any atom is 0.261 e. The first-order valence-electron chi connectivity index (χ1n) is 6.12. The number of carbonyl (C=O) groups excluding carboxylic acids is 1. The minimum atomic E-state index is -0.173. The van der Waals surface area contributed by atoms with Crippen molar-refractivity contribution >= 4 is 28.3 Å². The van der Waals surface area contributed by atoms with Gasteiger partial charge in [-0.2, -0.15) is 0 Å². The van der Waals surface area contributed by atoms with Gasteiger partial charge in [-0.1, -0.05) is 18.2 Å². The van der Waals surface area contributed by atoms with E-state index in [2.05, 4.69) is 4.98 Å². The summed E-state index contributed by atoms with van der Waals surface area (Å²) in [5.41, 5.74) is 8.12. The van der Waals surface area contributed by atoms with Gasteiger partial charge in [0, 0.05) is 18.6 Å². The first kappa shape index (κ1) is 12.2. The minimum Gasteiger partial charge on any atom is -0.463 e. The van der Waals surface area contributed by atoms with Crippen LogP contribution < -0.4 is 10.6 Å². The molecule has 5 nitrogen and oxygen atoms in total. The Balaban J connectivity index is 2.03. The van der Waals surface area contributed by atoms with E-state index in [0.29, 0.717) is 22.5 Å². The lowest BCUT2D eigenvalue weighted by molar-refractivity contribution is 0.0994. The smallest absolute Gasteiger partial charge is 0.261 e. The van der Waals surface area contributed by atoms with Crippen LogP contribution in [0.3, 0.4) is 0 Å². The van der Waals surface area contributed by atoms with Crippen LogP contribution in [0.5, 0.6) is 0 Å². The Labute approximate surface area is 115 Å². The molecule has 0 atom stereocenters. The molecule has 0 aliphatic carbocycles. The number of hydrogen-bond donors (Lipinski definition) is 1. The van der Waals surface area contributed by atoms with Crippen molar-refractivity contribution in [3.8, 4) is 0 Å².